The first-order valence-corrected chi connectivity index (χ1v) is 11.5. The summed E-state index contributed by atoms with van der Waals surface area (Å²) >= 11 is 0. The Morgan fingerprint density at radius 2 is 1.85 bits per heavy atom. The molecule has 8 heteroatoms. The molecule has 0 aliphatic heterocycles. The van der Waals surface area contributed by atoms with Crippen LogP contribution in [0.2, 0.25) is 0 Å². The van der Waals surface area contributed by atoms with Crippen molar-refractivity contribution in [2.45, 2.75) is 46.4 Å². The highest BCUT2D eigenvalue weighted by Gasteiger charge is 2.22. The first-order valence-electron chi connectivity index (χ1n) is 11.5. The number of aromatic nitrogens is 4. The van der Waals surface area contributed by atoms with Crippen molar-refractivity contribution < 1.29 is 5.11 Å². The highest BCUT2D eigenvalue weighted by Crippen LogP contribution is 2.24. The molecule has 4 aromatic rings. The van der Waals surface area contributed by atoms with Gasteiger partial charge in [-0.15, -0.1) is 0 Å². The van der Waals surface area contributed by atoms with Crippen molar-refractivity contribution in [3.05, 3.63) is 71.5 Å². The SMILES string of the molecule is Cc1ccc(CNc2nc(NCC(C)C(C)(C)O)nc3c2ncn3Cc2ccccc2)c(N)c1. The number of anilines is 3. The fourth-order valence-electron chi connectivity index (χ4n) is 3.59. The van der Waals surface area contributed by atoms with E-state index in [0.29, 0.717) is 36.9 Å². The number of nitrogens with two attached hydrogens (primary N) is 1. The predicted octanol–water partition coefficient (Wildman–Crippen LogP) is 4.20. The zero-order chi connectivity index (χ0) is 24.3. The molecule has 0 saturated carbocycles. The van der Waals surface area contributed by atoms with E-state index in [2.05, 4.69) is 27.8 Å². The van der Waals surface area contributed by atoms with Crippen LogP contribution in [0.3, 0.4) is 0 Å². The number of nitrogens with one attached hydrogen (secondary N) is 2. The Labute approximate surface area is 200 Å². The summed E-state index contributed by atoms with van der Waals surface area (Å²) in [6.45, 7) is 9.32. The van der Waals surface area contributed by atoms with Crippen LogP contribution < -0.4 is 16.4 Å². The van der Waals surface area contributed by atoms with Crippen LogP contribution in [0.15, 0.2) is 54.9 Å². The highest BCUT2D eigenvalue weighted by atomic mass is 16.3. The quantitative estimate of drug-likeness (QED) is 0.277. The normalized spacial score (nSPS) is 12.6. The minimum atomic E-state index is -0.809. The molecule has 0 spiro atoms. The number of hydrogen-bond donors (Lipinski definition) is 4. The number of hydrogen-bond acceptors (Lipinski definition) is 7. The lowest BCUT2D eigenvalue weighted by Crippen LogP contribution is -2.33. The Kier molecular flexibility index (Phi) is 6.70. The minimum Gasteiger partial charge on any atom is -0.398 e. The predicted molar refractivity (Wildman–Crippen MR) is 138 cm³/mol. The van der Waals surface area contributed by atoms with Crippen molar-refractivity contribution in [1.82, 2.24) is 19.5 Å². The van der Waals surface area contributed by atoms with E-state index >= 15 is 0 Å². The first kappa shape index (κ1) is 23.5. The molecule has 0 aliphatic rings. The fraction of sp³-hybridized carbons (Fsp3) is 0.346. The second-order valence-electron chi connectivity index (χ2n) is 9.42. The molecule has 34 heavy (non-hydrogen) atoms. The number of benzene rings is 2. The van der Waals surface area contributed by atoms with Crippen LogP contribution in [0.4, 0.5) is 17.5 Å². The molecule has 2 aromatic carbocycles. The third-order valence-electron chi connectivity index (χ3n) is 6.18. The van der Waals surface area contributed by atoms with Crippen molar-refractivity contribution in [2.75, 3.05) is 22.9 Å². The number of imidazole rings is 1. The smallest absolute Gasteiger partial charge is 0.226 e. The molecule has 0 fully saturated rings. The van der Waals surface area contributed by atoms with Gasteiger partial charge in [-0.25, -0.2) is 4.98 Å². The van der Waals surface area contributed by atoms with Crippen molar-refractivity contribution >= 4 is 28.6 Å². The Hall–Kier alpha value is -3.65. The summed E-state index contributed by atoms with van der Waals surface area (Å²) in [6, 6.07) is 16.2. The lowest BCUT2D eigenvalue weighted by molar-refractivity contribution is 0.0303. The van der Waals surface area contributed by atoms with Gasteiger partial charge in [0, 0.05) is 24.7 Å². The third-order valence-corrected chi connectivity index (χ3v) is 6.18. The number of aryl methyl sites for hydroxylation is 1. The van der Waals surface area contributed by atoms with Crippen LogP contribution in [-0.4, -0.2) is 36.8 Å². The second-order valence-corrected chi connectivity index (χ2v) is 9.42. The van der Waals surface area contributed by atoms with Crippen LogP contribution in [0.5, 0.6) is 0 Å². The molecule has 1 atom stereocenters. The number of aliphatic hydroxyl groups is 1. The Bertz CT molecular complexity index is 1260. The maximum absolute atomic E-state index is 10.3. The van der Waals surface area contributed by atoms with E-state index in [1.54, 1.807) is 20.2 Å². The standard InChI is InChI=1S/C26H33N7O/c1-17-10-11-20(21(27)12-17)14-28-23-22-24(32-25(31-23)29-13-18(2)26(3,4)34)33(16-30-22)15-19-8-6-5-7-9-19/h5-12,16,18,34H,13-15,27H2,1-4H3,(H2,28,29,31,32). The summed E-state index contributed by atoms with van der Waals surface area (Å²) in [5.74, 6) is 1.12. The summed E-state index contributed by atoms with van der Waals surface area (Å²) in [5, 5.41) is 17.0. The summed E-state index contributed by atoms with van der Waals surface area (Å²) < 4.78 is 2.02. The van der Waals surface area contributed by atoms with E-state index in [9.17, 15) is 5.11 Å². The number of nitrogen functional groups attached to an aromatic ring is 1. The van der Waals surface area contributed by atoms with Crippen LogP contribution in [0.25, 0.3) is 11.2 Å². The Morgan fingerprint density at radius 1 is 1.09 bits per heavy atom. The van der Waals surface area contributed by atoms with Crippen molar-refractivity contribution in [2.24, 2.45) is 5.92 Å². The largest absolute Gasteiger partial charge is 0.398 e. The topological polar surface area (TPSA) is 114 Å². The zero-order valence-electron chi connectivity index (χ0n) is 20.2. The van der Waals surface area contributed by atoms with Gasteiger partial charge in [-0.2, -0.15) is 9.97 Å². The second kappa shape index (κ2) is 9.69. The van der Waals surface area contributed by atoms with Gasteiger partial charge >= 0.3 is 0 Å². The average Bonchev–Trinajstić information content (AvgIpc) is 3.19. The highest BCUT2D eigenvalue weighted by molar-refractivity contribution is 5.84. The van der Waals surface area contributed by atoms with Gasteiger partial charge in [0.05, 0.1) is 18.5 Å². The third kappa shape index (κ3) is 5.46. The van der Waals surface area contributed by atoms with Gasteiger partial charge < -0.3 is 26.0 Å². The molecule has 8 nitrogen and oxygen atoms in total. The van der Waals surface area contributed by atoms with E-state index in [1.165, 1.54) is 0 Å². The maximum atomic E-state index is 10.3. The fourth-order valence-corrected chi connectivity index (χ4v) is 3.59. The van der Waals surface area contributed by atoms with Gasteiger partial charge in [0.1, 0.15) is 0 Å². The van der Waals surface area contributed by atoms with E-state index in [0.717, 1.165) is 28.0 Å². The van der Waals surface area contributed by atoms with Gasteiger partial charge in [0.2, 0.25) is 5.95 Å². The number of rotatable bonds is 9. The van der Waals surface area contributed by atoms with Gasteiger partial charge in [0.15, 0.2) is 17.0 Å². The maximum Gasteiger partial charge on any atom is 0.226 e. The van der Waals surface area contributed by atoms with Crippen LogP contribution in [-0.2, 0) is 13.1 Å². The minimum absolute atomic E-state index is 0.00444. The first-order chi connectivity index (χ1) is 16.2. The molecule has 4 rings (SSSR count). The molecule has 0 aliphatic carbocycles. The van der Waals surface area contributed by atoms with E-state index < -0.39 is 5.60 Å². The van der Waals surface area contributed by atoms with Crippen LogP contribution >= 0.6 is 0 Å². The molecule has 0 radical (unpaired) electrons. The Balaban J connectivity index is 1.65. The molecule has 5 N–H and O–H groups in total. The molecular formula is C26H33N7O. The number of nitrogens with zero attached hydrogens (tertiary/aromatic N) is 4. The molecule has 0 amide bonds. The molecule has 1 unspecified atom stereocenters. The van der Waals surface area contributed by atoms with Gasteiger partial charge in [-0.05, 0) is 43.5 Å². The lowest BCUT2D eigenvalue weighted by atomic mass is 9.93. The van der Waals surface area contributed by atoms with E-state index in [1.807, 2.05) is 54.8 Å². The molecule has 2 heterocycles. The van der Waals surface area contributed by atoms with Crippen molar-refractivity contribution in [1.29, 1.82) is 0 Å². The van der Waals surface area contributed by atoms with Crippen LogP contribution in [0, 0.1) is 12.8 Å². The summed E-state index contributed by atoms with van der Waals surface area (Å²) in [5.41, 5.74) is 10.8. The summed E-state index contributed by atoms with van der Waals surface area (Å²) in [6.07, 6.45) is 1.79. The van der Waals surface area contributed by atoms with Gasteiger partial charge in [-0.3, -0.25) is 0 Å². The average molecular weight is 460 g/mol. The lowest BCUT2D eigenvalue weighted by Gasteiger charge is -2.26. The van der Waals surface area contributed by atoms with Crippen molar-refractivity contribution in [3.8, 4) is 0 Å². The Morgan fingerprint density at radius 3 is 2.56 bits per heavy atom. The molecular weight excluding hydrogens is 426 g/mol. The molecule has 0 saturated heterocycles. The van der Waals surface area contributed by atoms with E-state index in [4.69, 9.17) is 15.7 Å². The monoisotopic (exact) mass is 459 g/mol. The molecule has 178 valence electrons. The van der Waals surface area contributed by atoms with Crippen molar-refractivity contribution in [3.63, 3.8) is 0 Å². The van der Waals surface area contributed by atoms with Crippen LogP contribution in [0.1, 0.15) is 37.5 Å². The molecule has 2 aromatic heterocycles. The van der Waals surface area contributed by atoms with Gasteiger partial charge in [-0.1, -0.05) is 49.4 Å². The van der Waals surface area contributed by atoms with Gasteiger partial charge in [0.25, 0.3) is 0 Å². The summed E-state index contributed by atoms with van der Waals surface area (Å²) in [7, 11) is 0. The zero-order valence-corrected chi connectivity index (χ0v) is 20.2. The number of fused-ring (bicyclic) bond motifs is 1. The molecule has 0 bridgehead atoms. The summed E-state index contributed by atoms with van der Waals surface area (Å²) in [4.78, 5) is 14.1. The van der Waals surface area contributed by atoms with E-state index in [-0.39, 0.29) is 5.92 Å².